The van der Waals surface area contributed by atoms with Gasteiger partial charge in [0.05, 0.1) is 16.8 Å². The van der Waals surface area contributed by atoms with Gasteiger partial charge in [-0.15, -0.1) is 0 Å². The molecular weight excluding hydrogens is 495 g/mol. The fourth-order valence-corrected chi connectivity index (χ4v) is 4.09. The van der Waals surface area contributed by atoms with Crippen LogP contribution < -0.4 is 21.3 Å². The summed E-state index contributed by atoms with van der Waals surface area (Å²) in [6.45, 7) is 1.96. The van der Waals surface area contributed by atoms with Crippen molar-refractivity contribution in [3.8, 4) is 0 Å². The zero-order valence-corrected chi connectivity index (χ0v) is 20.0. The molecule has 38 heavy (non-hydrogen) atoms. The molecule has 0 radical (unpaired) electrons. The second-order valence-electron chi connectivity index (χ2n) is 8.77. The minimum Gasteiger partial charge on any atom is -0.361 e. The molecule has 2 heterocycles. The Morgan fingerprint density at radius 1 is 0.868 bits per heavy atom. The number of urea groups is 1. The number of carbonyl (C=O) groups excluding carboxylic acids is 2. The van der Waals surface area contributed by atoms with E-state index in [0.29, 0.717) is 28.3 Å². The lowest BCUT2D eigenvalue weighted by atomic mass is 10.1. The van der Waals surface area contributed by atoms with Crippen LogP contribution in [-0.4, -0.2) is 16.9 Å². The largest absolute Gasteiger partial charge is 0.416 e. The molecule has 1 aliphatic rings. The second-order valence-corrected chi connectivity index (χ2v) is 8.77. The van der Waals surface area contributed by atoms with Crippen LogP contribution in [0.5, 0.6) is 0 Å². The van der Waals surface area contributed by atoms with Crippen LogP contribution in [0.15, 0.2) is 79.0 Å². The quantitative estimate of drug-likeness (QED) is 0.181. The number of rotatable bonds is 5. The topological polar surface area (TPSA) is 98.1 Å². The van der Waals surface area contributed by atoms with Crippen LogP contribution in [0.4, 0.5) is 46.4 Å². The fraction of sp³-hybridized carbons (Fsp3) is 0.0714. The number of hydrogen-bond donors (Lipinski definition) is 5. The van der Waals surface area contributed by atoms with Crippen molar-refractivity contribution >= 4 is 52.0 Å². The molecule has 7 nitrogen and oxygen atoms in total. The SMILES string of the molecule is Cc1c[nH]c(/C=C2\C(=O)Nc3cc(Nc4cccc(NC(=O)Nc5cccc(C(F)(F)F)c5)c4)ccc32)c1. The van der Waals surface area contributed by atoms with Crippen molar-refractivity contribution in [1.29, 1.82) is 0 Å². The number of halogens is 3. The van der Waals surface area contributed by atoms with Crippen molar-refractivity contribution in [2.75, 3.05) is 21.3 Å². The van der Waals surface area contributed by atoms with Crippen LogP contribution in [0.25, 0.3) is 11.6 Å². The van der Waals surface area contributed by atoms with Crippen LogP contribution in [0, 0.1) is 6.92 Å². The van der Waals surface area contributed by atoms with Gasteiger partial charge in [-0.3, -0.25) is 4.79 Å². The summed E-state index contributed by atoms with van der Waals surface area (Å²) in [7, 11) is 0. The number of anilines is 5. The third kappa shape index (κ3) is 5.54. The van der Waals surface area contributed by atoms with Gasteiger partial charge in [0.25, 0.3) is 5.91 Å². The van der Waals surface area contributed by atoms with Crippen LogP contribution in [-0.2, 0) is 11.0 Å². The lowest BCUT2D eigenvalue weighted by Crippen LogP contribution is -2.19. The number of aromatic nitrogens is 1. The van der Waals surface area contributed by atoms with Gasteiger partial charge in [-0.2, -0.15) is 13.2 Å². The summed E-state index contributed by atoms with van der Waals surface area (Å²) < 4.78 is 38.7. The van der Waals surface area contributed by atoms with E-state index in [1.165, 1.54) is 12.1 Å². The summed E-state index contributed by atoms with van der Waals surface area (Å²) in [5.41, 5.74) is 4.89. The van der Waals surface area contributed by atoms with Crippen LogP contribution in [0.1, 0.15) is 22.4 Å². The van der Waals surface area contributed by atoms with Gasteiger partial charge in [-0.1, -0.05) is 18.2 Å². The molecule has 1 aliphatic heterocycles. The van der Waals surface area contributed by atoms with Gasteiger partial charge in [0.15, 0.2) is 0 Å². The number of aromatic amines is 1. The van der Waals surface area contributed by atoms with Crippen LogP contribution in [0.3, 0.4) is 0 Å². The first-order chi connectivity index (χ1) is 18.1. The number of hydrogen-bond acceptors (Lipinski definition) is 3. The maximum atomic E-state index is 12.9. The predicted molar refractivity (Wildman–Crippen MR) is 142 cm³/mol. The zero-order chi connectivity index (χ0) is 26.9. The lowest BCUT2D eigenvalue weighted by Gasteiger charge is -2.12. The lowest BCUT2D eigenvalue weighted by molar-refractivity contribution is -0.137. The van der Waals surface area contributed by atoms with Crippen molar-refractivity contribution in [2.24, 2.45) is 0 Å². The summed E-state index contributed by atoms with van der Waals surface area (Å²) >= 11 is 0. The highest BCUT2D eigenvalue weighted by atomic mass is 19.4. The molecule has 0 fully saturated rings. The fourth-order valence-electron chi connectivity index (χ4n) is 4.09. The maximum Gasteiger partial charge on any atom is 0.416 e. The third-order valence-corrected chi connectivity index (χ3v) is 5.81. The molecule has 0 saturated heterocycles. The van der Waals surface area contributed by atoms with Crippen LogP contribution in [0.2, 0.25) is 0 Å². The Balaban J connectivity index is 1.27. The molecule has 3 aromatic carbocycles. The standard InChI is InChI=1S/C28H22F3N5O2/c1-16-10-22(32-15-16)13-24-23-9-8-21(14-25(23)36-26(24)37)33-19-6-3-7-20(12-19)35-27(38)34-18-5-2-4-17(11-18)28(29,30)31/h2-15,32-33H,1H3,(H,36,37)(H2,34,35,38)/b24-13-. The molecule has 1 aromatic heterocycles. The minimum absolute atomic E-state index is 0.0200. The number of nitrogens with one attached hydrogen (secondary N) is 5. The molecule has 5 N–H and O–H groups in total. The average Bonchev–Trinajstić information content (AvgIpc) is 3.40. The maximum absolute atomic E-state index is 12.9. The Hall–Kier alpha value is -4.99. The van der Waals surface area contributed by atoms with Crippen molar-refractivity contribution in [3.05, 3.63) is 101 Å². The van der Waals surface area contributed by atoms with E-state index in [-0.39, 0.29) is 11.6 Å². The summed E-state index contributed by atoms with van der Waals surface area (Å²) in [6.07, 6.45) is -0.834. The Morgan fingerprint density at radius 3 is 2.26 bits per heavy atom. The smallest absolute Gasteiger partial charge is 0.361 e. The Bertz CT molecular complexity index is 1570. The summed E-state index contributed by atoms with van der Waals surface area (Å²) in [6, 6.07) is 18.0. The van der Waals surface area contributed by atoms with Gasteiger partial charge in [-0.25, -0.2) is 4.79 Å². The van der Waals surface area contributed by atoms with Gasteiger partial charge in [0.2, 0.25) is 0 Å². The normalized spacial score (nSPS) is 13.7. The molecule has 0 aliphatic carbocycles. The van der Waals surface area contributed by atoms with E-state index in [0.717, 1.165) is 29.0 Å². The first-order valence-corrected chi connectivity index (χ1v) is 11.6. The predicted octanol–water partition coefficient (Wildman–Crippen LogP) is 7.22. The minimum atomic E-state index is -4.51. The Kier molecular flexibility index (Phi) is 6.38. The Labute approximate surface area is 215 Å². The average molecular weight is 518 g/mol. The number of fused-ring (bicyclic) bond motifs is 1. The monoisotopic (exact) mass is 517 g/mol. The molecule has 0 saturated carbocycles. The Morgan fingerprint density at radius 2 is 1.55 bits per heavy atom. The number of H-pyrrole nitrogens is 1. The van der Waals surface area contributed by atoms with Crippen molar-refractivity contribution < 1.29 is 22.8 Å². The molecule has 0 atom stereocenters. The van der Waals surface area contributed by atoms with E-state index in [1.807, 2.05) is 37.4 Å². The van der Waals surface area contributed by atoms with Crippen molar-refractivity contribution in [2.45, 2.75) is 13.1 Å². The molecule has 0 spiro atoms. The molecule has 10 heteroatoms. The van der Waals surface area contributed by atoms with Crippen molar-refractivity contribution in [3.63, 3.8) is 0 Å². The number of benzene rings is 3. The van der Waals surface area contributed by atoms with E-state index in [4.69, 9.17) is 0 Å². The van der Waals surface area contributed by atoms with Gasteiger partial charge in [0.1, 0.15) is 0 Å². The molecule has 192 valence electrons. The molecule has 0 unspecified atom stereocenters. The number of carbonyl (C=O) groups is 2. The van der Waals surface area contributed by atoms with Gasteiger partial charge < -0.3 is 26.3 Å². The summed E-state index contributed by atoms with van der Waals surface area (Å²) in [5.74, 6) is -0.192. The van der Waals surface area contributed by atoms with E-state index in [1.54, 1.807) is 30.3 Å². The van der Waals surface area contributed by atoms with Crippen LogP contribution >= 0.6 is 0 Å². The van der Waals surface area contributed by atoms with Gasteiger partial charge in [0, 0.05) is 40.2 Å². The zero-order valence-electron chi connectivity index (χ0n) is 20.0. The first kappa shape index (κ1) is 24.7. The highest BCUT2D eigenvalue weighted by molar-refractivity contribution is 6.35. The van der Waals surface area contributed by atoms with E-state index < -0.39 is 17.8 Å². The van der Waals surface area contributed by atoms with E-state index in [2.05, 4.69) is 26.3 Å². The van der Waals surface area contributed by atoms with Gasteiger partial charge >= 0.3 is 12.2 Å². The highest BCUT2D eigenvalue weighted by Crippen LogP contribution is 2.36. The van der Waals surface area contributed by atoms with E-state index in [9.17, 15) is 22.8 Å². The number of amides is 3. The number of aryl methyl sites for hydroxylation is 1. The van der Waals surface area contributed by atoms with Crippen molar-refractivity contribution in [1.82, 2.24) is 4.98 Å². The third-order valence-electron chi connectivity index (χ3n) is 5.81. The summed E-state index contributed by atoms with van der Waals surface area (Å²) in [5, 5.41) is 11.1. The molecule has 3 amide bonds. The molecule has 0 bridgehead atoms. The molecule has 4 aromatic rings. The second kappa shape index (κ2) is 9.81. The number of alkyl halides is 3. The van der Waals surface area contributed by atoms with E-state index >= 15 is 0 Å². The summed E-state index contributed by atoms with van der Waals surface area (Å²) in [4.78, 5) is 28.0. The molecular formula is C28H22F3N5O2. The molecule has 5 rings (SSSR count). The highest BCUT2D eigenvalue weighted by Gasteiger charge is 2.30. The first-order valence-electron chi connectivity index (χ1n) is 11.6. The van der Waals surface area contributed by atoms with Gasteiger partial charge in [-0.05, 0) is 73.2 Å².